The second kappa shape index (κ2) is 10.2. The van der Waals surface area contributed by atoms with E-state index in [1.807, 2.05) is 26.2 Å². The molecule has 0 aliphatic rings. The molecule has 0 saturated heterocycles. The van der Waals surface area contributed by atoms with Crippen LogP contribution in [0.25, 0.3) is 0 Å². The predicted molar refractivity (Wildman–Crippen MR) is 114 cm³/mol. The van der Waals surface area contributed by atoms with E-state index in [1.165, 1.54) is 17.3 Å². The van der Waals surface area contributed by atoms with Crippen molar-refractivity contribution in [2.75, 3.05) is 26.0 Å². The summed E-state index contributed by atoms with van der Waals surface area (Å²) in [7, 11) is 5.79. The molecule has 0 fully saturated rings. The Morgan fingerprint density at radius 2 is 1.68 bits per heavy atom. The van der Waals surface area contributed by atoms with Crippen LogP contribution in [0.15, 0.2) is 47.5 Å². The summed E-state index contributed by atoms with van der Waals surface area (Å²) in [5.41, 5.74) is 4.02. The van der Waals surface area contributed by atoms with Crippen LogP contribution in [0.3, 0.4) is 0 Å². The lowest BCUT2D eigenvalue weighted by molar-refractivity contribution is 0.617. The van der Waals surface area contributed by atoms with E-state index in [0.717, 1.165) is 5.56 Å². The summed E-state index contributed by atoms with van der Waals surface area (Å²) < 4.78 is 13.3. The van der Waals surface area contributed by atoms with Crippen LogP contribution in [-0.2, 0) is 13.1 Å². The zero-order valence-electron chi connectivity index (χ0n) is 15.1. The molecule has 6 heteroatoms. The fraction of sp³-hybridized carbons (Fsp3) is 0.316. The van der Waals surface area contributed by atoms with E-state index in [4.69, 9.17) is 0 Å². The van der Waals surface area contributed by atoms with Gasteiger partial charge in [-0.05, 0) is 41.8 Å². The first-order chi connectivity index (χ1) is 11.5. The van der Waals surface area contributed by atoms with Gasteiger partial charge < -0.3 is 15.5 Å². The molecule has 2 aromatic rings. The number of aryl methyl sites for hydroxylation is 1. The molecule has 0 amide bonds. The highest BCUT2D eigenvalue weighted by atomic mass is 127. The van der Waals surface area contributed by atoms with Gasteiger partial charge in [-0.25, -0.2) is 4.39 Å². The second-order valence-corrected chi connectivity index (χ2v) is 5.93. The van der Waals surface area contributed by atoms with E-state index in [9.17, 15) is 4.39 Å². The molecule has 136 valence electrons. The minimum Gasteiger partial charge on any atom is -0.378 e. The molecule has 0 aliphatic heterocycles. The van der Waals surface area contributed by atoms with Crippen molar-refractivity contribution in [3.8, 4) is 0 Å². The van der Waals surface area contributed by atoms with Gasteiger partial charge in [-0.2, -0.15) is 0 Å². The Kier molecular flexibility index (Phi) is 8.68. The summed E-state index contributed by atoms with van der Waals surface area (Å²) in [6.07, 6.45) is 0. The van der Waals surface area contributed by atoms with Crippen LogP contribution < -0.4 is 15.5 Å². The summed E-state index contributed by atoms with van der Waals surface area (Å²) in [6, 6.07) is 13.5. The fourth-order valence-electron chi connectivity index (χ4n) is 2.35. The molecular weight excluding hydrogens is 430 g/mol. The van der Waals surface area contributed by atoms with Gasteiger partial charge in [0, 0.05) is 39.9 Å². The van der Waals surface area contributed by atoms with Gasteiger partial charge in [-0.3, -0.25) is 4.99 Å². The summed E-state index contributed by atoms with van der Waals surface area (Å²) in [5, 5.41) is 6.54. The van der Waals surface area contributed by atoms with Crippen molar-refractivity contribution >= 4 is 35.6 Å². The van der Waals surface area contributed by atoms with Crippen LogP contribution >= 0.6 is 24.0 Å². The molecule has 0 bridgehead atoms. The van der Waals surface area contributed by atoms with Crippen LogP contribution in [0.1, 0.15) is 16.7 Å². The Labute approximate surface area is 166 Å². The molecule has 0 saturated carbocycles. The predicted octanol–water partition coefficient (Wildman–Crippen LogP) is 3.68. The number of nitrogens with one attached hydrogen (secondary N) is 2. The molecule has 0 radical (unpaired) electrons. The third-order valence-electron chi connectivity index (χ3n) is 3.79. The first-order valence-corrected chi connectivity index (χ1v) is 7.95. The maximum absolute atomic E-state index is 13.3. The molecule has 2 aromatic carbocycles. The number of hydrogen-bond donors (Lipinski definition) is 2. The van der Waals surface area contributed by atoms with Gasteiger partial charge in [-0.15, -0.1) is 24.0 Å². The second-order valence-electron chi connectivity index (χ2n) is 5.93. The van der Waals surface area contributed by atoms with E-state index in [2.05, 4.69) is 38.7 Å². The highest BCUT2D eigenvalue weighted by Gasteiger charge is 2.03. The zero-order valence-corrected chi connectivity index (χ0v) is 17.5. The van der Waals surface area contributed by atoms with Crippen LogP contribution in [-0.4, -0.2) is 27.1 Å². The standard InChI is InChI=1S/C19H25FN4.HI/c1-14-10-16(8-9-18(14)20)13-23-19(21-2)22-12-15-6-5-7-17(11-15)24(3)4;/h5-11H,12-13H2,1-4H3,(H2,21,22,23);1H. The molecule has 25 heavy (non-hydrogen) atoms. The Hall–Kier alpha value is -1.83. The van der Waals surface area contributed by atoms with Gasteiger partial charge in [0.05, 0.1) is 0 Å². The van der Waals surface area contributed by atoms with Crippen LogP contribution in [0, 0.1) is 12.7 Å². The number of rotatable bonds is 5. The first kappa shape index (κ1) is 21.2. The average molecular weight is 456 g/mol. The topological polar surface area (TPSA) is 39.7 Å². The maximum Gasteiger partial charge on any atom is 0.191 e. The first-order valence-electron chi connectivity index (χ1n) is 7.95. The summed E-state index contributed by atoms with van der Waals surface area (Å²) in [4.78, 5) is 6.30. The lowest BCUT2D eigenvalue weighted by Gasteiger charge is -2.15. The highest BCUT2D eigenvalue weighted by Crippen LogP contribution is 2.13. The van der Waals surface area contributed by atoms with Gasteiger partial charge in [0.25, 0.3) is 0 Å². The van der Waals surface area contributed by atoms with E-state index in [0.29, 0.717) is 24.6 Å². The van der Waals surface area contributed by atoms with Gasteiger partial charge in [0.15, 0.2) is 5.96 Å². The number of guanidine groups is 1. The Balaban J connectivity index is 0.00000312. The molecule has 0 unspecified atom stereocenters. The average Bonchev–Trinajstić information content (AvgIpc) is 2.58. The van der Waals surface area contributed by atoms with Gasteiger partial charge >= 0.3 is 0 Å². The number of nitrogens with zero attached hydrogens (tertiary/aromatic N) is 2. The number of anilines is 1. The van der Waals surface area contributed by atoms with Crippen molar-refractivity contribution < 1.29 is 4.39 Å². The normalized spacial score (nSPS) is 10.8. The van der Waals surface area contributed by atoms with Crippen molar-refractivity contribution in [2.24, 2.45) is 4.99 Å². The van der Waals surface area contributed by atoms with Gasteiger partial charge in [0.1, 0.15) is 5.82 Å². The molecule has 2 N–H and O–H groups in total. The fourth-order valence-corrected chi connectivity index (χ4v) is 2.35. The summed E-state index contributed by atoms with van der Waals surface area (Å²) in [5.74, 6) is 0.536. The van der Waals surface area contributed by atoms with Gasteiger partial charge in [-0.1, -0.05) is 24.3 Å². The van der Waals surface area contributed by atoms with E-state index >= 15 is 0 Å². The molecule has 2 rings (SSSR count). The molecule has 0 atom stereocenters. The third kappa shape index (κ3) is 6.53. The SMILES string of the molecule is CN=C(NCc1cccc(N(C)C)c1)NCc1ccc(F)c(C)c1.I. The maximum atomic E-state index is 13.3. The Morgan fingerprint density at radius 1 is 1.04 bits per heavy atom. The highest BCUT2D eigenvalue weighted by molar-refractivity contribution is 14.0. The number of aliphatic imine (C=N–C) groups is 1. The molecule has 0 spiro atoms. The number of benzene rings is 2. The van der Waals surface area contributed by atoms with E-state index in [-0.39, 0.29) is 29.8 Å². The molecule has 0 heterocycles. The van der Waals surface area contributed by atoms with Crippen molar-refractivity contribution in [3.63, 3.8) is 0 Å². The summed E-state index contributed by atoms with van der Waals surface area (Å²) in [6.45, 7) is 3.05. The molecule has 4 nitrogen and oxygen atoms in total. The minimum absolute atomic E-state index is 0. The zero-order chi connectivity index (χ0) is 17.5. The van der Waals surface area contributed by atoms with E-state index < -0.39 is 0 Å². The van der Waals surface area contributed by atoms with Crippen molar-refractivity contribution in [3.05, 3.63) is 65.0 Å². The van der Waals surface area contributed by atoms with Crippen LogP contribution in [0.2, 0.25) is 0 Å². The van der Waals surface area contributed by atoms with Gasteiger partial charge in [0.2, 0.25) is 0 Å². The van der Waals surface area contributed by atoms with Crippen molar-refractivity contribution in [2.45, 2.75) is 20.0 Å². The van der Waals surface area contributed by atoms with E-state index in [1.54, 1.807) is 20.0 Å². The Bertz CT molecular complexity index is 716. The molecule has 0 aromatic heterocycles. The van der Waals surface area contributed by atoms with Crippen LogP contribution in [0.4, 0.5) is 10.1 Å². The largest absolute Gasteiger partial charge is 0.378 e. The lowest BCUT2D eigenvalue weighted by atomic mass is 10.1. The monoisotopic (exact) mass is 456 g/mol. The molecule has 0 aliphatic carbocycles. The quantitative estimate of drug-likeness (QED) is 0.410. The van der Waals surface area contributed by atoms with Crippen molar-refractivity contribution in [1.82, 2.24) is 10.6 Å². The number of halogens is 2. The Morgan fingerprint density at radius 3 is 2.24 bits per heavy atom. The van der Waals surface area contributed by atoms with Crippen molar-refractivity contribution in [1.29, 1.82) is 0 Å². The van der Waals surface area contributed by atoms with Crippen LogP contribution in [0.5, 0.6) is 0 Å². The third-order valence-corrected chi connectivity index (χ3v) is 3.79. The lowest BCUT2D eigenvalue weighted by Crippen LogP contribution is -2.36. The number of hydrogen-bond acceptors (Lipinski definition) is 2. The minimum atomic E-state index is -0.179. The smallest absolute Gasteiger partial charge is 0.191 e. The molecular formula is C19H26FIN4. The summed E-state index contributed by atoms with van der Waals surface area (Å²) >= 11 is 0.